The second kappa shape index (κ2) is 12.0. The Bertz CT molecular complexity index is 2340. The Morgan fingerprint density at radius 2 is 0.820 bits per heavy atom. The van der Waals surface area contributed by atoms with Crippen molar-refractivity contribution in [3.05, 3.63) is 151 Å². The maximum Gasteiger partial charge on any atom is 0.248 e. The molecule has 2 heterocycles. The third-order valence-electron chi connectivity index (χ3n) is 9.75. The van der Waals surface area contributed by atoms with E-state index in [0.717, 1.165) is 27.8 Å². The molecule has 0 aliphatic rings. The molecule has 0 amide bonds. The summed E-state index contributed by atoms with van der Waals surface area (Å²) in [4.78, 5) is 0. The summed E-state index contributed by atoms with van der Waals surface area (Å²) in [6, 6.07) is 50.0. The Kier molecular flexibility index (Phi) is 7.56. The van der Waals surface area contributed by atoms with Crippen LogP contribution in [0.5, 0.6) is 0 Å². The third kappa shape index (κ3) is 5.81. The zero-order valence-corrected chi connectivity index (χ0v) is 29.5. The van der Waals surface area contributed by atoms with Gasteiger partial charge in [0.15, 0.2) is 0 Å². The first-order valence-electron chi connectivity index (χ1n) is 17.3. The zero-order valence-electron chi connectivity index (χ0n) is 29.5. The number of benzene rings is 6. The maximum absolute atomic E-state index is 6.06. The van der Waals surface area contributed by atoms with E-state index in [9.17, 15) is 0 Å². The van der Waals surface area contributed by atoms with Crippen molar-refractivity contribution in [2.75, 3.05) is 0 Å². The molecule has 6 aromatic carbocycles. The fourth-order valence-electron chi connectivity index (χ4n) is 6.78. The summed E-state index contributed by atoms with van der Waals surface area (Å²) in [5.74, 6) is 1.02. The van der Waals surface area contributed by atoms with Gasteiger partial charge in [0, 0.05) is 27.6 Å². The third-order valence-corrected chi connectivity index (χ3v) is 9.75. The molecule has 0 unspecified atom stereocenters. The quantitative estimate of drug-likeness (QED) is 0.186. The van der Waals surface area contributed by atoms with Crippen LogP contribution in [0.1, 0.15) is 52.7 Å². The second-order valence-corrected chi connectivity index (χ2v) is 15.3. The Morgan fingerprint density at radius 1 is 0.420 bits per heavy atom. The van der Waals surface area contributed by atoms with Crippen molar-refractivity contribution >= 4 is 21.8 Å². The first-order valence-corrected chi connectivity index (χ1v) is 17.3. The molecule has 0 saturated carbocycles. The second-order valence-electron chi connectivity index (χ2n) is 15.3. The minimum atomic E-state index is 0.112. The SMILES string of the molecule is CC(C)(C)c1ccc(-c2ccc3c(c2)c2cc(-c4ccc(C(C)(C)C)cc4)ccc2n3-c2ccc(-c3nnc(-c4ccccc4)o3)cc2)cc1. The molecule has 0 aliphatic carbocycles. The van der Waals surface area contributed by atoms with Crippen LogP contribution in [0.2, 0.25) is 0 Å². The van der Waals surface area contributed by atoms with Crippen molar-refractivity contribution in [3.8, 4) is 50.8 Å². The molecule has 0 saturated heterocycles. The number of aromatic nitrogens is 3. The van der Waals surface area contributed by atoms with E-state index in [1.54, 1.807) is 0 Å². The molecule has 0 aliphatic heterocycles. The van der Waals surface area contributed by atoms with E-state index >= 15 is 0 Å². The van der Waals surface area contributed by atoms with Crippen LogP contribution in [0.25, 0.3) is 72.7 Å². The summed E-state index contributed by atoms with van der Waals surface area (Å²) in [6.45, 7) is 13.5. The van der Waals surface area contributed by atoms with Crippen LogP contribution < -0.4 is 0 Å². The number of fused-ring (bicyclic) bond motifs is 3. The van der Waals surface area contributed by atoms with Crippen LogP contribution in [0.15, 0.2) is 144 Å². The maximum atomic E-state index is 6.06. The highest BCUT2D eigenvalue weighted by atomic mass is 16.4. The van der Waals surface area contributed by atoms with Gasteiger partial charge in [-0.2, -0.15) is 0 Å². The number of hydrogen-bond donors (Lipinski definition) is 0. The molecule has 0 radical (unpaired) electrons. The number of nitrogens with zero attached hydrogens (tertiary/aromatic N) is 3. The fraction of sp³-hybridized carbons (Fsp3) is 0.174. The van der Waals surface area contributed by atoms with E-state index in [-0.39, 0.29) is 10.8 Å². The Morgan fingerprint density at radius 3 is 1.26 bits per heavy atom. The molecule has 8 aromatic rings. The van der Waals surface area contributed by atoms with Crippen molar-refractivity contribution in [2.24, 2.45) is 0 Å². The van der Waals surface area contributed by atoms with E-state index in [0.29, 0.717) is 11.8 Å². The van der Waals surface area contributed by atoms with Gasteiger partial charge in [0.2, 0.25) is 11.8 Å². The van der Waals surface area contributed by atoms with Gasteiger partial charge in [-0.3, -0.25) is 0 Å². The molecular formula is C46H41N3O. The highest BCUT2D eigenvalue weighted by Gasteiger charge is 2.18. The Balaban J connectivity index is 1.24. The summed E-state index contributed by atoms with van der Waals surface area (Å²) < 4.78 is 8.42. The molecular weight excluding hydrogens is 611 g/mol. The Labute approximate surface area is 294 Å². The van der Waals surface area contributed by atoms with Crippen LogP contribution in [0.4, 0.5) is 0 Å². The molecule has 2 aromatic heterocycles. The lowest BCUT2D eigenvalue weighted by Crippen LogP contribution is -2.10. The van der Waals surface area contributed by atoms with Crippen molar-refractivity contribution in [1.82, 2.24) is 14.8 Å². The molecule has 0 fully saturated rings. The molecule has 4 nitrogen and oxygen atoms in total. The lowest BCUT2D eigenvalue weighted by molar-refractivity contribution is 0.584. The lowest BCUT2D eigenvalue weighted by atomic mass is 9.86. The molecule has 50 heavy (non-hydrogen) atoms. The summed E-state index contributed by atoms with van der Waals surface area (Å²) in [5.41, 5.74) is 12.9. The topological polar surface area (TPSA) is 43.9 Å². The van der Waals surface area contributed by atoms with Crippen LogP contribution in [-0.4, -0.2) is 14.8 Å². The van der Waals surface area contributed by atoms with Gasteiger partial charge in [-0.1, -0.05) is 120 Å². The molecule has 0 bridgehead atoms. The summed E-state index contributed by atoms with van der Waals surface area (Å²) in [6.07, 6.45) is 0. The first kappa shape index (κ1) is 31.5. The predicted octanol–water partition coefficient (Wildman–Crippen LogP) is 12.4. The van der Waals surface area contributed by atoms with Crippen molar-refractivity contribution < 1.29 is 4.42 Å². The molecule has 0 spiro atoms. The molecule has 8 rings (SSSR count). The van der Waals surface area contributed by atoms with Crippen LogP contribution in [-0.2, 0) is 10.8 Å². The van der Waals surface area contributed by atoms with E-state index in [1.807, 2.05) is 30.3 Å². The summed E-state index contributed by atoms with van der Waals surface area (Å²) >= 11 is 0. The minimum absolute atomic E-state index is 0.112. The predicted molar refractivity (Wildman–Crippen MR) is 208 cm³/mol. The monoisotopic (exact) mass is 651 g/mol. The van der Waals surface area contributed by atoms with Gasteiger partial charge in [0.1, 0.15) is 0 Å². The number of rotatable bonds is 5. The molecule has 0 N–H and O–H groups in total. The average molecular weight is 652 g/mol. The van der Waals surface area contributed by atoms with Crippen LogP contribution in [0, 0.1) is 0 Å². The van der Waals surface area contributed by atoms with Gasteiger partial charge in [-0.25, -0.2) is 0 Å². The fourth-order valence-corrected chi connectivity index (χ4v) is 6.78. The summed E-state index contributed by atoms with van der Waals surface area (Å²) in [5, 5.41) is 11.1. The molecule has 246 valence electrons. The zero-order chi connectivity index (χ0) is 34.6. The average Bonchev–Trinajstić information content (AvgIpc) is 3.75. The highest BCUT2D eigenvalue weighted by Crippen LogP contribution is 2.38. The largest absolute Gasteiger partial charge is 0.416 e. The molecule has 0 atom stereocenters. The normalized spacial score (nSPS) is 12.2. The lowest BCUT2D eigenvalue weighted by Gasteiger charge is -2.19. The van der Waals surface area contributed by atoms with E-state index < -0.39 is 0 Å². The first-order chi connectivity index (χ1) is 24.0. The van der Waals surface area contributed by atoms with Gasteiger partial charge in [0.05, 0.1) is 11.0 Å². The van der Waals surface area contributed by atoms with Gasteiger partial charge in [0.25, 0.3) is 0 Å². The van der Waals surface area contributed by atoms with Crippen molar-refractivity contribution in [2.45, 2.75) is 52.4 Å². The van der Waals surface area contributed by atoms with Gasteiger partial charge in [-0.05, 0) is 105 Å². The van der Waals surface area contributed by atoms with Crippen molar-refractivity contribution in [1.29, 1.82) is 0 Å². The standard InChI is InChI=1S/C46H41N3O/c1-45(2,3)36-20-12-30(13-21-36)34-18-26-41-39(28-34)40-29-35(31-14-22-37(23-15-31)46(4,5)6)19-27-42(40)49(41)38-24-16-33(17-25-38)44-48-47-43(50-44)32-10-8-7-9-11-32/h7-29H,1-6H3. The van der Waals surface area contributed by atoms with E-state index in [1.165, 1.54) is 44.2 Å². The minimum Gasteiger partial charge on any atom is -0.416 e. The van der Waals surface area contributed by atoms with Crippen molar-refractivity contribution in [3.63, 3.8) is 0 Å². The Hall–Kier alpha value is -5.74. The summed E-state index contributed by atoms with van der Waals surface area (Å²) in [7, 11) is 0. The molecule has 4 heteroatoms. The van der Waals surface area contributed by atoms with E-state index in [2.05, 4.69) is 166 Å². The van der Waals surface area contributed by atoms with E-state index in [4.69, 9.17) is 4.42 Å². The van der Waals surface area contributed by atoms with Gasteiger partial charge >= 0.3 is 0 Å². The number of hydrogen-bond acceptors (Lipinski definition) is 3. The van der Waals surface area contributed by atoms with Gasteiger partial charge < -0.3 is 8.98 Å². The smallest absolute Gasteiger partial charge is 0.248 e. The highest BCUT2D eigenvalue weighted by molar-refractivity contribution is 6.11. The van der Waals surface area contributed by atoms with Crippen LogP contribution in [0.3, 0.4) is 0 Å². The van der Waals surface area contributed by atoms with Crippen LogP contribution >= 0.6 is 0 Å². The van der Waals surface area contributed by atoms with Gasteiger partial charge in [-0.15, -0.1) is 10.2 Å².